The maximum atomic E-state index is 13.2. The first-order valence-corrected chi connectivity index (χ1v) is 49.0. The fourth-order valence-electron chi connectivity index (χ4n) is 13.9. The summed E-state index contributed by atoms with van der Waals surface area (Å²) in [6, 6.07) is 0. The maximum Gasteiger partial charge on any atom is 0.472 e. The van der Waals surface area contributed by atoms with E-state index in [1.165, 1.54) is 283 Å². The number of phosphoric acid groups is 2. The Balaban J connectivity index is 5.15. The molecule has 0 saturated carbocycles. The molecule has 0 aliphatic rings. The van der Waals surface area contributed by atoms with Crippen LogP contribution in [0.4, 0.5) is 0 Å². The highest BCUT2D eigenvalue weighted by Gasteiger charge is 2.31. The monoisotopic (exact) mass is 1580 g/mol. The van der Waals surface area contributed by atoms with Crippen LogP contribution in [0.5, 0.6) is 0 Å². The van der Waals surface area contributed by atoms with Gasteiger partial charge in [0.1, 0.15) is 19.3 Å². The first kappa shape index (κ1) is 106. The lowest BCUT2D eigenvalue weighted by molar-refractivity contribution is -0.161. The van der Waals surface area contributed by atoms with Gasteiger partial charge in [-0.25, -0.2) is 9.13 Å². The van der Waals surface area contributed by atoms with Crippen molar-refractivity contribution in [3.63, 3.8) is 0 Å². The Labute approximate surface area is 664 Å². The number of unbranched alkanes of at least 4 members (excludes halogenated alkanes) is 57. The Bertz CT molecular complexity index is 2070. The van der Waals surface area contributed by atoms with Crippen LogP contribution in [0.25, 0.3) is 0 Å². The highest BCUT2D eigenvalue weighted by Crippen LogP contribution is 2.45. The fraction of sp³-hybridized carbons (Fsp3) is 0.955. The number of phosphoric ester groups is 2. The van der Waals surface area contributed by atoms with Gasteiger partial charge in [-0.2, -0.15) is 0 Å². The van der Waals surface area contributed by atoms with E-state index in [0.717, 1.165) is 115 Å². The second-order valence-electron chi connectivity index (χ2n) is 32.7. The number of carbonyl (C=O) groups excluding carboxylic acids is 4. The summed E-state index contributed by atoms with van der Waals surface area (Å²) in [5.74, 6) is -0.438. The average molecular weight is 1580 g/mol. The molecule has 108 heavy (non-hydrogen) atoms. The summed E-state index contributed by atoms with van der Waals surface area (Å²) in [5.41, 5.74) is 0. The number of rotatable bonds is 88. The molecule has 0 saturated heterocycles. The summed E-state index contributed by atoms with van der Waals surface area (Å²) in [5, 5.41) is 10.7. The Morgan fingerprint density at radius 1 is 0.269 bits per heavy atom. The van der Waals surface area contributed by atoms with Crippen molar-refractivity contribution < 1.29 is 80.2 Å². The second kappa shape index (κ2) is 80.3. The largest absolute Gasteiger partial charge is 0.472 e. The van der Waals surface area contributed by atoms with Gasteiger partial charge in [-0.15, -0.1) is 0 Å². The number of aliphatic hydroxyl groups is 1. The quantitative estimate of drug-likeness (QED) is 0.0222. The van der Waals surface area contributed by atoms with Crippen LogP contribution in [0.15, 0.2) is 0 Å². The molecule has 0 aliphatic heterocycles. The summed E-state index contributed by atoms with van der Waals surface area (Å²) >= 11 is 0. The first-order valence-electron chi connectivity index (χ1n) is 46.0. The van der Waals surface area contributed by atoms with Gasteiger partial charge in [0.05, 0.1) is 26.4 Å². The van der Waals surface area contributed by atoms with Gasteiger partial charge in [-0.05, 0) is 37.5 Å². The molecule has 0 fully saturated rings. The number of ether oxygens (including phenoxy) is 4. The second-order valence-corrected chi connectivity index (χ2v) is 35.6. The third kappa shape index (κ3) is 80.7. The van der Waals surface area contributed by atoms with Gasteiger partial charge in [0.25, 0.3) is 0 Å². The van der Waals surface area contributed by atoms with Crippen LogP contribution >= 0.6 is 15.6 Å². The predicted octanol–water partition coefficient (Wildman–Crippen LogP) is 27.4. The van der Waals surface area contributed by atoms with Crippen LogP contribution in [0.3, 0.4) is 0 Å². The number of carbonyl (C=O) groups is 4. The molecule has 19 heteroatoms. The number of hydrogen-bond donors (Lipinski definition) is 3. The Kier molecular flexibility index (Phi) is 78.8. The van der Waals surface area contributed by atoms with E-state index in [1.807, 2.05) is 0 Å². The lowest BCUT2D eigenvalue weighted by Gasteiger charge is -2.21. The fourth-order valence-corrected chi connectivity index (χ4v) is 15.5. The van der Waals surface area contributed by atoms with E-state index < -0.39 is 97.5 Å². The normalized spacial score (nSPS) is 14.0. The number of esters is 4. The summed E-state index contributed by atoms with van der Waals surface area (Å²) in [6.45, 7) is 9.73. The zero-order valence-corrected chi connectivity index (χ0v) is 73.0. The van der Waals surface area contributed by atoms with Crippen molar-refractivity contribution in [2.45, 2.75) is 496 Å². The van der Waals surface area contributed by atoms with E-state index in [1.54, 1.807) is 0 Å². The molecule has 0 aromatic carbocycles. The zero-order valence-electron chi connectivity index (χ0n) is 71.2. The van der Waals surface area contributed by atoms with Gasteiger partial charge >= 0.3 is 39.5 Å². The first-order chi connectivity index (χ1) is 52.4. The summed E-state index contributed by atoms with van der Waals surface area (Å²) in [7, 11) is -9.92. The molecule has 0 amide bonds. The summed E-state index contributed by atoms with van der Waals surface area (Å²) < 4.78 is 68.8. The van der Waals surface area contributed by atoms with Gasteiger partial charge in [0.2, 0.25) is 0 Å². The average Bonchev–Trinajstić information content (AvgIpc) is 0.899. The number of aliphatic hydroxyl groups excluding tert-OH is 1. The van der Waals surface area contributed by atoms with Crippen LogP contribution < -0.4 is 0 Å². The Morgan fingerprint density at radius 3 is 0.704 bits per heavy atom. The van der Waals surface area contributed by atoms with Crippen molar-refractivity contribution in [2.75, 3.05) is 39.6 Å². The molecule has 0 radical (unpaired) electrons. The Hall–Kier alpha value is -1.94. The molecule has 0 aliphatic carbocycles. The van der Waals surface area contributed by atoms with E-state index in [9.17, 15) is 43.2 Å². The van der Waals surface area contributed by atoms with Crippen molar-refractivity contribution in [2.24, 2.45) is 11.8 Å². The SMILES string of the molecule is CCCCCCCCCCCCCCCCCCCCCCCCC(=O)OC[C@H](COP(=O)(O)OC[C@@H](O)COP(=O)(O)OC[C@@H](COC(=O)CCCCCCCCC)OC(=O)CCCCCCCCCCCCCCCCC(C)C)OC(=O)CCCCCCCCCCCCCCCCCCCCC(C)CC. The topological polar surface area (TPSA) is 237 Å². The minimum absolute atomic E-state index is 0.107. The van der Waals surface area contributed by atoms with Crippen LogP contribution in [0, 0.1) is 11.8 Å². The standard InChI is InChI=1S/C89H174O17P2/c1-7-10-12-14-16-17-18-19-20-21-22-23-24-25-29-32-38-43-48-54-60-66-72-87(92)100-78-85(106-89(94)74-67-61-55-49-44-39-33-30-27-26-28-31-37-42-47-53-58-64-70-82(6)9-3)80-104-108(97,98)102-76-83(90)75-101-107(95,96)103-79-84(77-99-86(91)71-65-59-51-15-13-11-8-2)105-88(93)73-68-62-56-50-45-40-35-34-36-41-46-52-57-63-69-81(4)5/h81-85,90H,7-80H2,1-6H3,(H,95,96)(H,97,98)/t82?,83-,84+,85+/m0/s1. The van der Waals surface area contributed by atoms with E-state index in [-0.39, 0.29) is 25.7 Å². The zero-order chi connectivity index (χ0) is 79.2. The molecule has 0 aromatic rings. The van der Waals surface area contributed by atoms with Gasteiger partial charge < -0.3 is 33.8 Å². The van der Waals surface area contributed by atoms with E-state index >= 15 is 0 Å². The lowest BCUT2D eigenvalue weighted by atomic mass is 9.99. The summed E-state index contributed by atoms with van der Waals surface area (Å²) in [6.07, 6.45) is 73.9. The molecule has 17 nitrogen and oxygen atoms in total. The van der Waals surface area contributed by atoms with Crippen molar-refractivity contribution in [1.82, 2.24) is 0 Å². The van der Waals surface area contributed by atoms with Gasteiger partial charge in [-0.3, -0.25) is 37.3 Å². The molecular formula is C89H174O17P2. The van der Waals surface area contributed by atoms with E-state index in [0.29, 0.717) is 25.7 Å². The van der Waals surface area contributed by atoms with Gasteiger partial charge in [0, 0.05) is 25.7 Å². The predicted molar refractivity (Wildman–Crippen MR) is 446 cm³/mol. The summed E-state index contributed by atoms with van der Waals surface area (Å²) in [4.78, 5) is 73.1. The molecule has 3 N–H and O–H groups in total. The molecule has 0 bridgehead atoms. The molecule has 0 heterocycles. The van der Waals surface area contributed by atoms with Crippen LogP contribution in [-0.2, 0) is 65.4 Å². The van der Waals surface area contributed by atoms with Crippen molar-refractivity contribution in [3.05, 3.63) is 0 Å². The minimum atomic E-state index is -4.97. The van der Waals surface area contributed by atoms with E-state index in [4.69, 9.17) is 37.0 Å². The van der Waals surface area contributed by atoms with Crippen molar-refractivity contribution in [3.8, 4) is 0 Å². The third-order valence-electron chi connectivity index (χ3n) is 21.3. The van der Waals surface area contributed by atoms with Crippen LogP contribution in [0.2, 0.25) is 0 Å². The van der Waals surface area contributed by atoms with E-state index in [2.05, 4.69) is 41.5 Å². The highest BCUT2D eigenvalue weighted by molar-refractivity contribution is 7.47. The van der Waals surface area contributed by atoms with Crippen molar-refractivity contribution in [1.29, 1.82) is 0 Å². The minimum Gasteiger partial charge on any atom is -0.462 e. The Morgan fingerprint density at radius 2 is 0.472 bits per heavy atom. The molecule has 0 rings (SSSR count). The van der Waals surface area contributed by atoms with Crippen LogP contribution in [0.1, 0.15) is 478 Å². The van der Waals surface area contributed by atoms with Gasteiger partial charge in [-0.1, -0.05) is 427 Å². The smallest absolute Gasteiger partial charge is 0.462 e. The molecule has 642 valence electrons. The third-order valence-corrected chi connectivity index (χ3v) is 23.2. The van der Waals surface area contributed by atoms with Gasteiger partial charge in [0.15, 0.2) is 12.2 Å². The number of hydrogen-bond acceptors (Lipinski definition) is 15. The maximum absolute atomic E-state index is 13.2. The molecular weight excluding hydrogens is 1400 g/mol. The lowest BCUT2D eigenvalue weighted by Crippen LogP contribution is -2.30. The molecule has 6 atom stereocenters. The molecule has 3 unspecified atom stereocenters. The van der Waals surface area contributed by atoms with Crippen LogP contribution in [-0.4, -0.2) is 96.7 Å². The highest BCUT2D eigenvalue weighted by atomic mass is 31.2. The van der Waals surface area contributed by atoms with Crippen molar-refractivity contribution >= 4 is 39.5 Å². The molecule has 0 aromatic heterocycles. The molecule has 0 spiro atoms.